The molecule has 0 spiro atoms. The van der Waals surface area contributed by atoms with Crippen molar-refractivity contribution >= 4 is 70.4 Å². The Morgan fingerprint density at radius 2 is 1.15 bits per heavy atom. The summed E-state index contributed by atoms with van der Waals surface area (Å²) in [5.74, 6) is -0.139. The van der Waals surface area contributed by atoms with Gasteiger partial charge in [-0.05, 0) is 121 Å². The Bertz CT molecular complexity index is 3650. The fourth-order valence-electron chi connectivity index (χ4n) is 8.01. The largest absolute Gasteiger partial charge is 0.508 e. The Morgan fingerprint density at radius 3 is 1.59 bits per heavy atom. The molecule has 0 aliphatic heterocycles. The number of aromatic nitrogens is 6. The maximum Gasteiger partial charge on any atom is 0.266 e. The molecule has 0 unspecified atom stereocenters. The van der Waals surface area contributed by atoms with Crippen molar-refractivity contribution < 1.29 is 54.2 Å². The summed E-state index contributed by atoms with van der Waals surface area (Å²) in [6.45, 7) is 3.76. The monoisotopic (exact) mass is 1130 g/mol. The van der Waals surface area contributed by atoms with Gasteiger partial charge in [0.1, 0.15) is 27.7 Å². The second kappa shape index (κ2) is 23.2. The van der Waals surface area contributed by atoms with Crippen LogP contribution in [-0.4, -0.2) is 96.4 Å². The second-order valence-electron chi connectivity index (χ2n) is 18.2. The molecule has 2 fully saturated rings. The molecule has 392 valence electrons. The molecule has 23 heteroatoms. The third-order valence-corrected chi connectivity index (χ3v) is 13.9. The van der Waals surface area contributed by atoms with E-state index in [0.717, 1.165) is 65.3 Å². The maximum absolute atomic E-state index is 13.7. The molecule has 2 saturated carbocycles. The molecule has 0 bridgehead atoms. The van der Waals surface area contributed by atoms with Crippen molar-refractivity contribution in [3.63, 3.8) is 0 Å². The normalized spacial score (nSPS) is 13.4. The van der Waals surface area contributed by atoms with Gasteiger partial charge >= 0.3 is 0 Å². The fraction of sp³-hybridized carbons (Fsp3) is 0.269. The van der Waals surface area contributed by atoms with E-state index in [0.29, 0.717) is 63.2 Å². The highest BCUT2D eigenvalue weighted by Gasteiger charge is 2.27. The van der Waals surface area contributed by atoms with Crippen molar-refractivity contribution in [1.29, 1.82) is 0 Å². The molecule has 4 heterocycles. The molecule has 10 rings (SSSR count). The van der Waals surface area contributed by atoms with Crippen molar-refractivity contribution in [2.45, 2.75) is 52.4 Å². The van der Waals surface area contributed by atoms with E-state index in [1.165, 1.54) is 47.0 Å². The summed E-state index contributed by atoms with van der Waals surface area (Å²) in [6.07, 6.45) is 8.98. The van der Waals surface area contributed by atoms with E-state index in [-0.39, 0.29) is 42.0 Å². The van der Waals surface area contributed by atoms with Gasteiger partial charge in [0.15, 0.2) is 22.9 Å². The van der Waals surface area contributed by atoms with Crippen LogP contribution in [0.1, 0.15) is 70.4 Å². The number of imidazole rings is 2. The number of hydrogen-bond acceptors (Lipinski definition) is 14. The first-order chi connectivity index (χ1) is 35.7. The molecule has 5 N–H and O–H groups in total. The van der Waals surface area contributed by atoms with E-state index in [9.17, 15) is 35.2 Å². The summed E-state index contributed by atoms with van der Waals surface area (Å²) in [5.41, 5.74) is 8.11. The number of phenolic OH excluding ortho intramolecular Hbond substituents is 1. The molecule has 75 heavy (non-hydrogen) atoms. The number of aryl methyl sites for hydroxylation is 2. The predicted octanol–water partition coefficient (Wildman–Crippen LogP) is 10.2. The lowest BCUT2D eigenvalue weighted by Gasteiger charge is -2.12. The number of carbonyl (C=O) groups excluding carboxylic acids is 2. The zero-order valence-electron chi connectivity index (χ0n) is 40.5. The Labute approximate surface area is 438 Å². The minimum Gasteiger partial charge on any atom is -0.508 e. The van der Waals surface area contributed by atoms with E-state index >= 15 is 0 Å². The van der Waals surface area contributed by atoms with Gasteiger partial charge in [-0.15, -0.1) is 5.10 Å². The molecule has 2 aliphatic rings. The first-order valence-corrected chi connectivity index (χ1v) is 27.6. The first-order valence-electron chi connectivity index (χ1n) is 23.6. The average molecular weight is 1130 g/mol. The Hall–Kier alpha value is -7.18. The van der Waals surface area contributed by atoms with Crippen molar-refractivity contribution in [2.75, 3.05) is 35.2 Å². The number of fused-ring (bicyclic) bond motifs is 2. The van der Waals surface area contributed by atoms with Crippen LogP contribution in [0, 0.1) is 37.3 Å². The smallest absolute Gasteiger partial charge is 0.266 e. The van der Waals surface area contributed by atoms with Gasteiger partial charge in [0.05, 0.1) is 46.7 Å². The molecule has 0 saturated heterocycles. The summed E-state index contributed by atoms with van der Waals surface area (Å²) in [5, 5.41) is 23.5. The van der Waals surface area contributed by atoms with Gasteiger partial charge in [0, 0.05) is 66.4 Å². The van der Waals surface area contributed by atoms with Crippen LogP contribution in [0.5, 0.6) is 17.4 Å². The number of carbonyl (C=O) groups is 2. The van der Waals surface area contributed by atoms with Crippen molar-refractivity contribution in [3.05, 3.63) is 148 Å². The Morgan fingerprint density at radius 1 is 0.667 bits per heavy atom. The maximum atomic E-state index is 13.7. The third kappa shape index (κ3) is 15.0. The summed E-state index contributed by atoms with van der Waals surface area (Å²) in [4.78, 5) is 34.0. The number of anilines is 2. The topological polar surface area (TPSA) is 257 Å². The van der Waals surface area contributed by atoms with Gasteiger partial charge < -0.3 is 20.5 Å². The Balaban J connectivity index is 0.000000176. The number of hydrogen-bond donors (Lipinski definition) is 5. The minimum absolute atomic E-state index is 0.0318. The van der Waals surface area contributed by atoms with Gasteiger partial charge in [-0.25, -0.2) is 27.8 Å². The van der Waals surface area contributed by atoms with Crippen LogP contribution in [0.25, 0.3) is 33.8 Å². The van der Waals surface area contributed by atoms with Crippen molar-refractivity contribution in [2.24, 2.45) is 11.8 Å². The van der Waals surface area contributed by atoms with E-state index in [2.05, 4.69) is 46.7 Å². The van der Waals surface area contributed by atoms with E-state index in [1.54, 1.807) is 29.0 Å². The number of rotatable bonds is 18. The summed E-state index contributed by atoms with van der Waals surface area (Å²) >= 11 is 3.37. The number of nitrogens with zero attached hydrogens (tertiary/aromatic N) is 6. The van der Waals surface area contributed by atoms with E-state index in [1.807, 2.05) is 50.2 Å². The van der Waals surface area contributed by atoms with Crippen LogP contribution < -0.4 is 15.4 Å². The fourth-order valence-corrected chi connectivity index (χ4v) is 9.11. The lowest BCUT2D eigenvalue weighted by atomic mass is 9.98. The highest BCUT2D eigenvalue weighted by Crippen LogP contribution is 2.36. The summed E-state index contributed by atoms with van der Waals surface area (Å²) in [6, 6.07) is 25.3. The molecule has 4 aromatic carbocycles. The van der Waals surface area contributed by atoms with Gasteiger partial charge in [0.25, 0.3) is 20.2 Å². The molecule has 0 amide bonds. The van der Waals surface area contributed by atoms with Crippen LogP contribution in [0.2, 0.25) is 0 Å². The molecule has 0 radical (unpaired) electrons. The van der Waals surface area contributed by atoms with Crippen LogP contribution >= 0.6 is 15.9 Å². The van der Waals surface area contributed by atoms with E-state index in [4.69, 9.17) is 18.9 Å². The number of benzene rings is 4. The minimum atomic E-state index is -4.17. The van der Waals surface area contributed by atoms with Crippen LogP contribution in [0.4, 0.5) is 20.2 Å². The summed E-state index contributed by atoms with van der Waals surface area (Å²) < 4.78 is 97.5. The zero-order valence-corrected chi connectivity index (χ0v) is 43.7. The lowest BCUT2D eigenvalue weighted by molar-refractivity contribution is 0.0967. The molecule has 18 nitrogen and oxygen atoms in total. The predicted molar refractivity (Wildman–Crippen MR) is 282 cm³/mol. The van der Waals surface area contributed by atoms with E-state index < -0.39 is 43.4 Å². The second-order valence-corrected chi connectivity index (χ2v) is 22.2. The van der Waals surface area contributed by atoms with Gasteiger partial charge in [-0.1, -0.05) is 36.4 Å². The Kier molecular flexibility index (Phi) is 16.7. The average Bonchev–Trinajstić information content (AvgIpc) is 4.25. The number of ether oxygens (including phenoxy) is 1. The van der Waals surface area contributed by atoms with Crippen molar-refractivity contribution in [3.8, 4) is 39.9 Å². The highest BCUT2D eigenvalue weighted by atomic mass is 79.9. The number of Topliss-reactive ketones (excluding diaryl/α,β-unsaturated/α-hetero) is 2. The quantitative estimate of drug-likeness (QED) is 0.0395. The molecular weight excluding hydrogens is 1080 g/mol. The summed E-state index contributed by atoms with van der Waals surface area (Å²) in [7, 11) is -8.23. The van der Waals surface area contributed by atoms with Crippen LogP contribution in [0.3, 0.4) is 0 Å². The van der Waals surface area contributed by atoms with Gasteiger partial charge in [-0.2, -0.15) is 21.9 Å². The molecule has 4 aromatic heterocycles. The van der Waals surface area contributed by atoms with Crippen molar-refractivity contribution in [1.82, 2.24) is 29.2 Å². The zero-order chi connectivity index (χ0) is 53.6. The third-order valence-electron chi connectivity index (χ3n) is 12.0. The molecule has 8 aromatic rings. The number of ketones is 2. The molecule has 2 aliphatic carbocycles. The van der Waals surface area contributed by atoms with Gasteiger partial charge in [-0.3, -0.25) is 18.7 Å². The number of aromatic hydroxyl groups is 1. The molecular formula is C52H51BrF2N8O10S2. The SMILES string of the molecule is Cc1cc(-c2cnc3c(NCCS(=O)(=O)O)cc(Br)nn23)ccc1C(=O)CC1CC1.Cc1cc(-c2cnc3c(NCCS(=O)(=O)O)cc(Oc4cccc(F)c4)nn23)ccc1C(=O)CC1CC1.Oc1cccc(F)c1. The number of nitrogens with one attached hydrogen (secondary N) is 2. The van der Waals surface area contributed by atoms with Gasteiger partial charge in [0.2, 0.25) is 5.88 Å². The number of halogens is 3. The lowest BCUT2D eigenvalue weighted by Crippen LogP contribution is -2.15. The standard InChI is InChI=1S/C26H25FN4O5S.C20H21BrN4O4S.C6H5FO/c1-16-11-18(7-8-21(16)24(32)12-17-5-6-17)23-15-29-26-22(28-9-10-37(33,34)35)14-25(30-31(23)26)36-20-4-2-3-19(27)13-20;1-12-8-14(4-5-15(12)18(26)9-13-2-3-13)17-11-23-20-16(10-19(21)24-25(17)20)22-6-7-30(27,28)29;7-5-2-1-3-6(8)4-5/h2-4,7-8,11,13-15,17,28H,5-6,9-10,12H2,1H3,(H,33,34,35);4-5,8,10-11,13,22H,2-3,6-7,9H2,1H3,(H,27,28,29);1-4,8H. The molecule has 0 atom stereocenters. The van der Waals surface area contributed by atoms with Crippen LogP contribution in [-0.2, 0) is 20.2 Å². The number of phenols is 1. The first kappa shape index (κ1) is 54.1. The highest BCUT2D eigenvalue weighted by molar-refractivity contribution is 9.10. The van der Waals surface area contributed by atoms with Crippen LogP contribution in [0.15, 0.2) is 114 Å².